The minimum absolute atomic E-state index is 0.00245. The van der Waals surface area contributed by atoms with Gasteiger partial charge in [0.25, 0.3) is 0 Å². The summed E-state index contributed by atoms with van der Waals surface area (Å²) in [6.07, 6.45) is 4.90. The van der Waals surface area contributed by atoms with E-state index in [1.54, 1.807) is 4.90 Å². The Morgan fingerprint density at radius 1 is 1.23 bits per heavy atom. The molecule has 3 aliphatic rings. The second kappa shape index (κ2) is 6.96. The molecule has 22 heavy (non-hydrogen) atoms. The normalized spacial score (nSPS) is 33.3. The van der Waals surface area contributed by atoms with Crippen molar-refractivity contribution in [2.45, 2.75) is 50.7 Å². The van der Waals surface area contributed by atoms with E-state index >= 15 is 0 Å². The quantitative estimate of drug-likeness (QED) is 0.818. The van der Waals surface area contributed by atoms with Crippen LogP contribution in [0.3, 0.4) is 0 Å². The van der Waals surface area contributed by atoms with Gasteiger partial charge in [-0.1, -0.05) is 6.42 Å². The molecule has 2 heterocycles. The summed E-state index contributed by atoms with van der Waals surface area (Å²) in [5, 5.41) is 10.1. The highest BCUT2D eigenvalue weighted by atomic mass is 16.5. The van der Waals surface area contributed by atoms with Gasteiger partial charge in [0, 0.05) is 25.4 Å². The summed E-state index contributed by atoms with van der Waals surface area (Å²) < 4.78 is 5.55. The number of nitrogens with zero attached hydrogens (tertiary/aromatic N) is 2. The fourth-order valence-corrected chi connectivity index (χ4v) is 3.99. The van der Waals surface area contributed by atoms with Crippen molar-refractivity contribution in [1.82, 2.24) is 9.80 Å². The smallest absolute Gasteiger partial charge is 0.242 e. The molecule has 1 aliphatic carbocycles. The summed E-state index contributed by atoms with van der Waals surface area (Å²) in [6, 6.07) is -0.0429. The molecular weight excluding hydrogens is 284 g/mol. The Hall–Kier alpha value is -1.14. The van der Waals surface area contributed by atoms with Gasteiger partial charge in [0.15, 0.2) is 0 Å². The van der Waals surface area contributed by atoms with Gasteiger partial charge in [0.1, 0.15) is 0 Å². The van der Waals surface area contributed by atoms with Crippen molar-refractivity contribution in [2.24, 2.45) is 5.92 Å². The van der Waals surface area contributed by atoms with Gasteiger partial charge in [-0.2, -0.15) is 0 Å². The third-order valence-corrected chi connectivity index (χ3v) is 5.26. The number of morpholine rings is 1. The fraction of sp³-hybridized carbons (Fsp3) is 0.875. The monoisotopic (exact) mass is 310 g/mol. The van der Waals surface area contributed by atoms with Crippen LogP contribution in [0.25, 0.3) is 0 Å². The van der Waals surface area contributed by atoms with Gasteiger partial charge in [0.05, 0.1) is 31.9 Å². The standard InChI is InChI=1S/C16H26N2O4/c19-14-5-3-4-12(14)13-11-22-9-8-18(13)16(21)10-17-7-2-1-6-15(17)20/h12-14,19H,1-11H2/t12-,13+,14-/m0/s1. The van der Waals surface area contributed by atoms with E-state index < -0.39 is 0 Å². The summed E-state index contributed by atoms with van der Waals surface area (Å²) in [5.74, 6) is 0.203. The molecule has 124 valence electrons. The second-order valence-corrected chi connectivity index (χ2v) is 6.66. The molecule has 0 aromatic heterocycles. The number of likely N-dealkylation sites (tertiary alicyclic amines) is 1. The van der Waals surface area contributed by atoms with Crippen LogP contribution in [0, 0.1) is 5.92 Å². The molecule has 2 saturated heterocycles. The summed E-state index contributed by atoms with van der Waals surface area (Å²) in [6.45, 7) is 2.47. The van der Waals surface area contributed by atoms with Crippen LogP contribution < -0.4 is 0 Å². The molecule has 6 heteroatoms. The predicted molar refractivity (Wildman–Crippen MR) is 80.1 cm³/mol. The Bertz CT molecular complexity index is 428. The van der Waals surface area contributed by atoms with Crippen molar-refractivity contribution in [1.29, 1.82) is 0 Å². The van der Waals surface area contributed by atoms with Crippen LogP contribution in [0.15, 0.2) is 0 Å². The number of rotatable bonds is 3. The first-order valence-electron chi connectivity index (χ1n) is 8.50. The van der Waals surface area contributed by atoms with Crippen LogP contribution in [0.5, 0.6) is 0 Å². The zero-order chi connectivity index (χ0) is 15.5. The zero-order valence-corrected chi connectivity index (χ0v) is 13.1. The summed E-state index contributed by atoms with van der Waals surface area (Å²) in [5.41, 5.74) is 0. The van der Waals surface area contributed by atoms with Crippen molar-refractivity contribution in [3.8, 4) is 0 Å². The minimum Gasteiger partial charge on any atom is -0.393 e. The molecule has 0 aromatic carbocycles. The summed E-state index contributed by atoms with van der Waals surface area (Å²) in [7, 11) is 0. The first kappa shape index (κ1) is 15.7. The maximum absolute atomic E-state index is 12.7. The minimum atomic E-state index is -0.335. The topological polar surface area (TPSA) is 70.1 Å². The Morgan fingerprint density at radius 2 is 2.09 bits per heavy atom. The average molecular weight is 310 g/mol. The van der Waals surface area contributed by atoms with E-state index in [0.717, 1.165) is 32.1 Å². The average Bonchev–Trinajstić information content (AvgIpc) is 2.95. The number of aliphatic hydroxyl groups is 1. The van der Waals surface area contributed by atoms with Gasteiger partial charge in [-0.05, 0) is 25.7 Å². The number of ether oxygens (including phenoxy) is 1. The fourth-order valence-electron chi connectivity index (χ4n) is 3.99. The van der Waals surface area contributed by atoms with E-state index in [1.165, 1.54) is 0 Å². The van der Waals surface area contributed by atoms with Gasteiger partial charge in [-0.25, -0.2) is 0 Å². The van der Waals surface area contributed by atoms with E-state index in [-0.39, 0.29) is 36.4 Å². The van der Waals surface area contributed by atoms with E-state index in [4.69, 9.17) is 4.74 Å². The van der Waals surface area contributed by atoms with Crippen LogP contribution in [0.1, 0.15) is 38.5 Å². The molecular formula is C16H26N2O4. The lowest BCUT2D eigenvalue weighted by Gasteiger charge is -2.41. The lowest BCUT2D eigenvalue weighted by molar-refractivity contribution is -0.150. The molecule has 0 radical (unpaired) electrons. The number of amides is 2. The zero-order valence-electron chi connectivity index (χ0n) is 13.1. The highest BCUT2D eigenvalue weighted by molar-refractivity contribution is 5.85. The van der Waals surface area contributed by atoms with Gasteiger partial charge < -0.3 is 19.6 Å². The molecule has 0 bridgehead atoms. The SMILES string of the molecule is O=C1CCCCN1CC(=O)N1CCOC[C@@H]1[C@@H]1CCC[C@@H]1O. The van der Waals surface area contributed by atoms with Gasteiger partial charge >= 0.3 is 0 Å². The molecule has 0 aromatic rings. The van der Waals surface area contributed by atoms with E-state index in [9.17, 15) is 14.7 Å². The van der Waals surface area contributed by atoms with E-state index in [1.807, 2.05) is 4.90 Å². The van der Waals surface area contributed by atoms with E-state index in [2.05, 4.69) is 0 Å². The molecule has 2 aliphatic heterocycles. The van der Waals surface area contributed by atoms with Crippen LogP contribution >= 0.6 is 0 Å². The lowest BCUT2D eigenvalue weighted by atomic mass is 9.94. The Kier molecular flexibility index (Phi) is 4.98. The molecule has 3 fully saturated rings. The Balaban J connectivity index is 1.64. The van der Waals surface area contributed by atoms with Gasteiger partial charge in [-0.3, -0.25) is 9.59 Å². The predicted octanol–water partition coefficient (Wildman–Crippen LogP) is 0.387. The molecule has 3 atom stereocenters. The maximum atomic E-state index is 12.7. The van der Waals surface area contributed by atoms with Crippen LogP contribution in [-0.4, -0.2) is 71.7 Å². The Labute approximate surface area is 131 Å². The molecule has 0 unspecified atom stereocenters. The van der Waals surface area contributed by atoms with Gasteiger partial charge in [-0.15, -0.1) is 0 Å². The second-order valence-electron chi connectivity index (χ2n) is 6.66. The first-order chi connectivity index (χ1) is 10.7. The molecule has 1 saturated carbocycles. The number of carbonyl (C=O) groups excluding carboxylic acids is 2. The van der Waals surface area contributed by atoms with Crippen molar-refractivity contribution < 1.29 is 19.4 Å². The summed E-state index contributed by atoms with van der Waals surface area (Å²) in [4.78, 5) is 28.1. The Morgan fingerprint density at radius 3 is 2.82 bits per heavy atom. The van der Waals surface area contributed by atoms with Gasteiger partial charge in [0.2, 0.25) is 11.8 Å². The number of aliphatic hydroxyl groups excluding tert-OH is 1. The highest BCUT2D eigenvalue weighted by Crippen LogP contribution is 2.32. The third-order valence-electron chi connectivity index (χ3n) is 5.26. The van der Waals surface area contributed by atoms with Crippen LogP contribution in [0.4, 0.5) is 0 Å². The number of hydrogen-bond donors (Lipinski definition) is 1. The molecule has 3 rings (SSSR count). The number of hydrogen-bond acceptors (Lipinski definition) is 4. The highest BCUT2D eigenvalue weighted by Gasteiger charge is 2.39. The van der Waals surface area contributed by atoms with Crippen molar-refractivity contribution in [2.75, 3.05) is 32.8 Å². The van der Waals surface area contributed by atoms with Crippen molar-refractivity contribution >= 4 is 11.8 Å². The number of piperidine rings is 1. The molecule has 1 N–H and O–H groups in total. The first-order valence-corrected chi connectivity index (χ1v) is 8.50. The number of carbonyl (C=O) groups is 2. The van der Waals surface area contributed by atoms with Crippen molar-refractivity contribution in [3.63, 3.8) is 0 Å². The maximum Gasteiger partial charge on any atom is 0.242 e. The van der Waals surface area contributed by atoms with Crippen molar-refractivity contribution in [3.05, 3.63) is 0 Å². The van der Waals surface area contributed by atoms with Crippen LogP contribution in [0.2, 0.25) is 0 Å². The molecule has 6 nitrogen and oxygen atoms in total. The summed E-state index contributed by atoms with van der Waals surface area (Å²) >= 11 is 0. The molecule has 2 amide bonds. The third kappa shape index (κ3) is 3.27. The van der Waals surface area contributed by atoms with Crippen LogP contribution in [-0.2, 0) is 14.3 Å². The lowest BCUT2D eigenvalue weighted by Crippen LogP contribution is -2.56. The molecule has 0 spiro atoms. The largest absolute Gasteiger partial charge is 0.393 e. The van der Waals surface area contributed by atoms with E-state index in [0.29, 0.717) is 32.7 Å².